The van der Waals surface area contributed by atoms with E-state index in [0.29, 0.717) is 42.1 Å². The topological polar surface area (TPSA) is 217 Å². The predicted molar refractivity (Wildman–Crippen MR) is 179 cm³/mol. The van der Waals surface area contributed by atoms with Gasteiger partial charge in [-0.2, -0.15) is 17.3 Å². The van der Waals surface area contributed by atoms with E-state index in [-0.39, 0.29) is 178 Å². The fourth-order valence-electron chi connectivity index (χ4n) is 6.39. The number of allylic oxidation sites excluding steroid dienone is 4. The van der Waals surface area contributed by atoms with E-state index in [9.17, 15) is 44.2 Å². The Kier molecular flexibility index (Phi) is 21.6. The van der Waals surface area contributed by atoms with Crippen molar-refractivity contribution >= 4 is 59.5 Å². The van der Waals surface area contributed by atoms with Crippen molar-refractivity contribution in [3.8, 4) is 0 Å². The Morgan fingerprint density at radius 3 is 2.12 bits per heavy atom. The molecule has 0 atom stereocenters. The van der Waals surface area contributed by atoms with Crippen LogP contribution in [-0.2, 0) is 50.6 Å². The van der Waals surface area contributed by atoms with Gasteiger partial charge in [-0.15, -0.1) is 0 Å². The maximum Gasteiger partial charge on any atom is 1.00 e. The van der Waals surface area contributed by atoms with Gasteiger partial charge in [0, 0.05) is 58.1 Å². The van der Waals surface area contributed by atoms with Gasteiger partial charge >= 0.3 is 154 Å². The number of unbranched alkanes of at least 4 members (excludes halogenated alkanes) is 2. The molecule has 0 unspecified atom stereocenters. The molecule has 52 heavy (non-hydrogen) atoms. The molecule has 0 saturated carbocycles. The van der Waals surface area contributed by atoms with Crippen LogP contribution in [0.2, 0.25) is 0 Å². The molecule has 2 aliphatic heterocycles. The molecule has 2 aromatic carbocycles. The summed E-state index contributed by atoms with van der Waals surface area (Å²) < 4.78 is 108. The number of hydrogen-bond donors (Lipinski definition) is 1. The first-order valence-corrected chi connectivity index (χ1v) is 20.6. The van der Waals surface area contributed by atoms with E-state index >= 15 is 0 Å². The third-order valence-electron chi connectivity index (χ3n) is 8.74. The van der Waals surface area contributed by atoms with E-state index in [1.165, 1.54) is 12.1 Å². The molecule has 14 nitrogen and oxygen atoms in total. The van der Waals surface area contributed by atoms with Gasteiger partial charge in [0.05, 0.1) is 38.2 Å². The molecule has 2 aliphatic rings. The van der Waals surface area contributed by atoms with Crippen LogP contribution in [0.4, 0.5) is 11.4 Å². The normalized spacial score (nSPS) is 17.1. The third kappa shape index (κ3) is 13.7. The van der Waals surface area contributed by atoms with Crippen LogP contribution in [0.3, 0.4) is 0 Å². The molecule has 0 aromatic heterocycles. The van der Waals surface area contributed by atoms with Gasteiger partial charge in [0.2, 0.25) is 5.69 Å². The molecule has 0 aliphatic carbocycles. The fourth-order valence-corrected chi connectivity index (χ4v) is 8.40. The average molecular weight is 876 g/mol. The van der Waals surface area contributed by atoms with Gasteiger partial charge < -0.3 is 19.3 Å². The Bertz CT molecular complexity index is 2020. The van der Waals surface area contributed by atoms with E-state index in [4.69, 9.17) is 0 Å². The summed E-state index contributed by atoms with van der Waals surface area (Å²) in [4.78, 5) is 2.17. The first-order chi connectivity index (χ1) is 22.7. The number of rotatable bonds is 16. The number of nitrogens with zero attached hydrogens (tertiary/aromatic N) is 2. The van der Waals surface area contributed by atoms with Crippen LogP contribution in [0.5, 0.6) is 0 Å². The van der Waals surface area contributed by atoms with E-state index < -0.39 is 46.9 Å². The van der Waals surface area contributed by atoms with Crippen molar-refractivity contribution in [3.05, 3.63) is 71.5 Å². The van der Waals surface area contributed by atoms with Crippen LogP contribution >= 0.6 is 12.0 Å². The molecule has 2 heterocycles. The van der Waals surface area contributed by atoms with Crippen molar-refractivity contribution in [3.63, 3.8) is 0 Å². The summed E-state index contributed by atoms with van der Waals surface area (Å²) >= 11 is 0.756. The molecular formula is C31H38K3N2O12S4+. The quantitative estimate of drug-likeness (QED) is 0.0317. The average Bonchev–Trinajstić information content (AvgIpc) is 3.33. The molecule has 0 bridgehead atoms. The Hall–Kier alpha value is 2.26. The van der Waals surface area contributed by atoms with Gasteiger partial charge in [0.1, 0.15) is 16.7 Å². The standard InChI is InChI=1S/C31H40N2O12S4.3K/c1-30(2)24-20-22(46-45-44-34)12-14-26(24)32(16-5-7-18-47(35,36)37)28(30)10-9-11-29-31(3,4)25-21-23(49(41,42)43)13-15-27(25)33(29)17-6-8-19-48(38,39)40;;;/h9-15,20-21H,5-8,16-19H2,1-4H3,(H3-,34,35,36,37,38,39,40,41,42,43);;;/q;3*+1/p-2. The molecule has 0 radical (unpaired) electrons. The van der Waals surface area contributed by atoms with E-state index in [0.717, 1.165) is 34.7 Å². The number of fused-ring (bicyclic) bond motifs is 2. The smallest absolute Gasteiger partial charge is 0.748 e. The second-order valence-electron chi connectivity index (χ2n) is 12.8. The summed E-state index contributed by atoms with van der Waals surface area (Å²) in [6.45, 7) is 8.52. The summed E-state index contributed by atoms with van der Waals surface area (Å²) in [6, 6.07) is 9.62. The molecule has 21 heteroatoms. The third-order valence-corrected chi connectivity index (χ3v) is 11.7. The molecule has 0 saturated heterocycles. The van der Waals surface area contributed by atoms with E-state index in [1.807, 2.05) is 63.0 Å². The van der Waals surface area contributed by atoms with Gasteiger partial charge in [-0.1, -0.05) is 19.9 Å². The van der Waals surface area contributed by atoms with Gasteiger partial charge in [-0.25, -0.2) is 16.8 Å². The van der Waals surface area contributed by atoms with Crippen molar-refractivity contribution in [2.75, 3.05) is 29.5 Å². The van der Waals surface area contributed by atoms with Crippen LogP contribution in [-0.4, -0.2) is 73.8 Å². The van der Waals surface area contributed by atoms with Crippen LogP contribution in [0.1, 0.15) is 64.5 Å². The zero-order chi connectivity index (χ0) is 36.4. The van der Waals surface area contributed by atoms with Crippen LogP contribution in [0.15, 0.2) is 70.1 Å². The van der Waals surface area contributed by atoms with Crippen molar-refractivity contribution in [2.45, 2.75) is 74.0 Å². The molecule has 0 amide bonds. The first kappa shape index (κ1) is 52.3. The number of hydrogen-bond acceptors (Lipinski definition) is 13. The maximum atomic E-state index is 11.9. The second-order valence-corrected chi connectivity index (χ2v) is 18.1. The van der Waals surface area contributed by atoms with E-state index in [2.05, 4.69) is 13.9 Å². The molecule has 4 rings (SSSR count). The molecule has 1 N–H and O–H groups in total. The SMILES string of the molecule is CC1(C)C(C=C/C=C2/N(CCCCS(=O)(=O)[O-])c3ccc(S(=O)(=O)[O-])cc3C2(C)C)=[N+](CCCCS(=O)(=O)O)c2ccc(SOO[O-])cc21.[K+].[K+].[K+]. The monoisotopic (exact) mass is 875 g/mol. The van der Waals surface area contributed by atoms with Gasteiger partial charge in [-0.3, -0.25) is 9.59 Å². The molecule has 0 fully saturated rings. The summed E-state index contributed by atoms with van der Waals surface area (Å²) in [7, 11) is -13.3. The summed E-state index contributed by atoms with van der Waals surface area (Å²) in [5.74, 6) is -0.897. The van der Waals surface area contributed by atoms with E-state index in [1.54, 1.807) is 12.1 Å². The van der Waals surface area contributed by atoms with Gasteiger partial charge in [-0.05, 0) is 75.1 Å². The first-order valence-electron chi connectivity index (χ1n) is 15.2. The van der Waals surface area contributed by atoms with Crippen LogP contribution in [0, 0.1) is 0 Å². The zero-order valence-corrected chi connectivity index (χ0v) is 43.0. The van der Waals surface area contributed by atoms with Crippen molar-refractivity contribution in [2.24, 2.45) is 0 Å². The number of benzene rings is 2. The Labute approximate surface area is 438 Å². The van der Waals surface area contributed by atoms with Gasteiger partial charge in [0.25, 0.3) is 10.1 Å². The summed E-state index contributed by atoms with van der Waals surface area (Å²) in [5.41, 5.74) is 3.23. The largest absolute Gasteiger partial charge is 1.00 e. The predicted octanol–water partition coefficient (Wildman–Crippen LogP) is -5.56. The minimum Gasteiger partial charge on any atom is -0.748 e. The molecule has 2 aromatic rings. The van der Waals surface area contributed by atoms with Gasteiger partial charge in [0.15, 0.2) is 5.71 Å². The van der Waals surface area contributed by atoms with Crippen LogP contribution in [0.25, 0.3) is 0 Å². The maximum absolute atomic E-state index is 11.9. The fraction of sp³-hybridized carbons (Fsp3) is 0.452. The minimum atomic E-state index is -4.74. The Morgan fingerprint density at radius 1 is 0.865 bits per heavy atom. The summed E-state index contributed by atoms with van der Waals surface area (Å²) in [6.07, 6.45) is 6.74. The van der Waals surface area contributed by atoms with Crippen LogP contribution < -0.4 is 164 Å². The molecule has 270 valence electrons. The van der Waals surface area contributed by atoms with Crippen molar-refractivity contribution in [1.29, 1.82) is 0 Å². The summed E-state index contributed by atoms with van der Waals surface area (Å²) in [5, 5.41) is 13.9. The zero-order valence-electron chi connectivity index (χ0n) is 30.3. The van der Waals surface area contributed by atoms with Crippen molar-refractivity contribution < 1.29 is 212 Å². The minimum absolute atomic E-state index is 0. The molecule has 0 spiro atoms. The molecular weight excluding hydrogens is 838 g/mol. The van der Waals surface area contributed by atoms with Crippen molar-refractivity contribution in [1.82, 2.24) is 0 Å². The second kappa shape index (κ2) is 21.5. The Balaban J connectivity index is 0.00000451. The Morgan fingerprint density at radius 2 is 1.52 bits per heavy atom. The number of anilines is 1.